The molecule has 0 aromatic rings. The van der Waals surface area contributed by atoms with Crippen LogP contribution < -0.4 is 0 Å². The lowest BCUT2D eigenvalue weighted by atomic mass is 10.2. The summed E-state index contributed by atoms with van der Waals surface area (Å²) in [6.45, 7) is 7.59. The molecule has 0 N–H and O–H groups in total. The number of amides is 2. The van der Waals surface area contributed by atoms with Crippen molar-refractivity contribution in [3.63, 3.8) is 0 Å². The van der Waals surface area contributed by atoms with Crippen molar-refractivity contribution in [1.29, 1.82) is 0 Å². The number of imide groups is 1. The van der Waals surface area contributed by atoms with Gasteiger partial charge < -0.3 is 9.47 Å². The Morgan fingerprint density at radius 2 is 2.12 bits per heavy atom. The summed E-state index contributed by atoms with van der Waals surface area (Å²) in [4.78, 5) is 24.4. The first-order valence-electron chi connectivity index (χ1n) is 5.52. The number of rotatable bonds is 2. The smallest absolute Gasteiger partial charge is 0.419 e. The SMILES string of the molecule is CCOC1CCC(=O)N1C(=O)OC(C)(C)C. The van der Waals surface area contributed by atoms with Crippen molar-refractivity contribution in [2.75, 3.05) is 6.61 Å². The minimum absolute atomic E-state index is 0.229. The van der Waals surface area contributed by atoms with Gasteiger partial charge >= 0.3 is 6.09 Å². The molecule has 0 radical (unpaired) electrons. The lowest BCUT2D eigenvalue weighted by molar-refractivity contribution is -0.134. The van der Waals surface area contributed by atoms with Gasteiger partial charge in [0.1, 0.15) is 11.8 Å². The Labute approximate surface area is 95.7 Å². The monoisotopic (exact) mass is 229 g/mol. The average Bonchev–Trinajstić information content (AvgIpc) is 2.44. The summed E-state index contributed by atoms with van der Waals surface area (Å²) < 4.78 is 10.5. The molecular weight excluding hydrogens is 210 g/mol. The van der Waals surface area contributed by atoms with E-state index in [0.717, 1.165) is 4.90 Å². The minimum atomic E-state index is -0.617. The highest BCUT2D eigenvalue weighted by atomic mass is 16.6. The number of hydrogen-bond donors (Lipinski definition) is 0. The quantitative estimate of drug-likeness (QED) is 0.725. The molecule has 1 atom stereocenters. The Balaban J connectivity index is 2.68. The molecule has 1 rings (SSSR count). The lowest BCUT2D eigenvalue weighted by Gasteiger charge is -2.26. The number of hydrogen-bond acceptors (Lipinski definition) is 4. The largest absolute Gasteiger partial charge is 0.443 e. The zero-order valence-corrected chi connectivity index (χ0v) is 10.3. The van der Waals surface area contributed by atoms with E-state index in [0.29, 0.717) is 19.4 Å². The summed E-state index contributed by atoms with van der Waals surface area (Å²) >= 11 is 0. The molecule has 16 heavy (non-hydrogen) atoms. The molecule has 0 aromatic carbocycles. The Hall–Kier alpha value is -1.10. The standard InChI is InChI=1S/C11H19NO4/c1-5-15-9-7-6-8(13)12(9)10(14)16-11(2,3)4/h9H,5-7H2,1-4H3. The number of ether oxygens (including phenoxy) is 2. The third-order valence-electron chi connectivity index (χ3n) is 2.11. The van der Waals surface area contributed by atoms with E-state index in [-0.39, 0.29) is 5.91 Å². The predicted octanol–water partition coefficient (Wildman–Crippen LogP) is 1.91. The number of nitrogens with zero attached hydrogens (tertiary/aromatic N) is 1. The minimum Gasteiger partial charge on any atom is -0.443 e. The van der Waals surface area contributed by atoms with E-state index in [1.165, 1.54) is 0 Å². The molecule has 0 spiro atoms. The maximum absolute atomic E-state index is 11.8. The summed E-state index contributed by atoms with van der Waals surface area (Å²) in [5.74, 6) is -0.229. The Kier molecular flexibility index (Phi) is 3.91. The van der Waals surface area contributed by atoms with Crippen LogP contribution in [0.25, 0.3) is 0 Å². The van der Waals surface area contributed by atoms with E-state index in [2.05, 4.69) is 0 Å². The van der Waals surface area contributed by atoms with E-state index in [9.17, 15) is 9.59 Å². The molecule has 1 aliphatic heterocycles. The molecule has 0 aliphatic carbocycles. The fourth-order valence-electron chi connectivity index (χ4n) is 1.54. The Bertz CT molecular complexity index is 282. The van der Waals surface area contributed by atoms with Gasteiger partial charge in [-0.25, -0.2) is 9.69 Å². The predicted molar refractivity (Wildman–Crippen MR) is 57.7 cm³/mol. The second-order valence-corrected chi connectivity index (χ2v) is 4.69. The van der Waals surface area contributed by atoms with Crippen molar-refractivity contribution >= 4 is 12.0 Å². The third kappa shape index (κ3) is 3.20. The van der Waals surface area contributed by atoms with Crippen molar-refractivity contribution in [2.45, 2.75) is 52.4 Å². The van der Waals surface area contributed by atoms with Gasteiger partial charge in [-0.05, 0) is 27.7 Å². The number of likely N-dealkylation sites (tertiary alicyclic amines) is 1. The third-order valence-corrected chi connectivity index (χ3v) is 2.11. The van der Waals surface area contributed by atoms with Crippen LogP contribution in [0.15, 0.2) is 0 Å². The summed E-state index contributed by atoms with van der Waals surface area (Å²) in [5.41, 5.74) is -0.600. The molecule has 1 fully saturated rings. The molecule has 1 saturated heterocycles. The number of carbonyl (C=O) groups excluding carboxylic acids is 2. The van der Waals surface area contributed by atoms with Crippen LogP contribution in [-0.4, -0.2) is 35.3 Å². The van der Waals surface area contributed by atoms with Crippen molar-refractivity contribution in [3.05, 3.63) is 0 Å². The van der Waals surface area contributed by atoms with Crippen LogP contribution in [0, 0.1) is 0 Å². The second kappa shape index (κ2) is 4.82. The highest BCUT2D eigenvalue weighted by Crippen LogP contribution is 2.22. The normalized spacial score (nSPS) is 21.4. The molecule has 2 amide bonds. The van der Waals surface area contributed by atoms with Crippen molar-refractivity contribution in [1.82, 2.24) is 4.90 Å². The van der Waals surface area contributed by atoms with Gasteiger partial charge in [0.25, 0.3) is 0 Å². The lowest BCUT2D eigenvalue weighted by Crippen LogP contribution is -2.43. The van der Waals surface area contributed by atoms with E-state index < -0.39 is 17.9 Å². The Morgan fingerprint density at radius 3 is 2.62 bits per heavy atom. The van der Waals surface area contributed by atoms with Crippen LogP contribution in [0.1, 0.15) is 40.5 Å². The summed E-state index contributed by atoms with van der Waals surface area (Å²) in [5, 5.41) is 0. The molecular formula is C11H19NO4. The fourth-order valence-corrected chi connectivity index (χ4v) is 1.54. The summed E-state index contributed by atoms with van der Waals surface area (Å²) in [6, 6.07) is 0. The van der Waals surface area contributed by atoms with Gasteiger partial charge in [-0.15, -0.1) is 0 Å². The van der Waals surface area contributed by atoms with E-state index in [1.54, 1.807) is 20.8 Å². The van der Waals surface area contributed by atoms with Crippen LogP contribution in [0.3, 0.4) is 0 Å². The molecule has 5 nitrogen and oxygen atoms in total. The van der Waals surface area contributed by atoms with Crippen molar-refractivity contribution < 1.29 is 19.1 Å². The maximum Gasteiger partial charge on any atom is 0.419 e. The first kappa shape index (κ1) is 13.0. The van der Waals surface area contributed by atoms with E-state index >= 15 is 0 Å². The van der Waals surface area contributed by atoms with Crippen molar-refractivity contribution in [2.24, 2.45) is 0 Å². The van der Waals surface area contributed by atoms with E-state index in [1.807, 2.05) is 6.92 Å². The van der Waals surface area contributed by atoms with Crippen LogP contribution in [0.5, 0.6) is 0 Å². The average molecular weight is 229 g/mol. The topological polar surface area (TPSA) is 55.8 Å². The molecule has 1 heterocycles. The van der Waals surface area contributed by atoms with E-state index in [4.69, 9.17) is 9.47 Å². The molecule has 0 aromatic heterocycles. The molecule has 1 aliphatic rings. The maximum atomic E-state index is 11.8. The van der Waals surface area contributed by atoms with Gasteiger partial charge in [0, 0.05) is 19.4 Å². The second-order valence-electron chi connectivity index (χ2n) is 4.69. The highest BCUT2D eigenvalue weighted by molar-refractivity contribution is 5.93. The van der Waals surface area contributed by atoms with Crippen LogP contribution in [0.4, 0.5) is 4.79 Å². The highest BCUT2D eigenvalue weighted by Gasteiger charge is 2.38. The molecule has 0 saturated carbocycles. The van der Waals surface area contributed by atoms with Crippen LogP contribution in [-0.2, 0) is 14.3 Å². The molecule has 0 bridgehead atoms. The fraction of sp³-hybridized carbons (Fsp3) is 0.818. The zero-order chi connectivity index (χ0) is 12.3. The molecule has 5 heteroatoms. The van der Waals surface area contributed by atoms with Gasteiger partial charge in [0.2, 0.25) is 5.91 Å². The van der Waals surface area contributed by atoms with Gasteiger partial charge in [0.05, 0.1) is 0 Å². The van der Waals surface area contributed by atoms with Gasteiger partial charge in [-0.2, -0.15) is 0 Å². The molecule has 92 valence electrons. The summed E-state index contributed by atoms with van der Waals surface area (Å²) in [6.07, 6.45) is -0.198. The zero-order valence-electron chi connectivity index (χ0n) is 10.3. The number of carbonyl (C=O) groups is 2. The first-order chi connectivity index (χ1) is 7.35. The van der Waals surface area contributed by atoms with Crippen LogP contribution >= 0.6 is 0 Å². The molecule has 1 unspecified atom stereocenters. The van der Waals surface area contributed by atoms with Gasteiger partial charge in [-0.3, -0.25) is 4.79 Å². The Morgan fingerprint density at radius 1 is 1.50 bits per heavy atom. The first-order valence-corrected chi connectivity index (χ1v) is 5.52. The van der Waals surface area contributed by atoms with Gasteiger partial charge in [-0.1, -0.05) is 0 Å². The van der Waals surface area contributed by atoms with Gasteiger partial charge in [0.15, 0.2) is 0 Å². The van der Waals surface area contributed by atoms with Crippen molar-refractivity contribution in [3.8, 4) is 0 Å². The van der Waals surface area contributed by atoms with Crippen LogP contribution in [0.2, 0.25) is 0 Å². The summed E-state index contributed by atoms with van der Waals surface area (Å²) in [7, 11) is 0.